The van der Waals surface area contributed by atoms with Crippen molar-refractivity contribution in [2.75, 3.05) is 6.26 Å². The van der Waals surface area contributed by atoms with Gasteiger partial charge in [-0.1, -0.05) is 18.2 Å². The third-order valence-corrected chi connectivity index (χ3v) is 7.02. The molecule has 0 aliphatic heterocycles. The highest BCUT2D eigenvalue weighted by Gasteiger charge is 2.30. The molecule has 4 rings (SSSR count). The molecule has 4 aromatic rings. The van der Waals surface area contributed by atoms with Crippen LogP contribution in [0, 0.1) is 13.8 Å². The Kier molecular flexibility index (Phi) is 6.35. The summed E-state index contributed by atoms with van der Waals surface area (Å²) in [6.07, 6.45) is 5.05. The SMILES string of the molecule is CSc1nn2c(C)c(Oc3cccnc3)c(C)nc2c1S(=O)(=O)c1ccccc1.Cl. The van der Waals surface area contributed by atoms with E-state index in [0.29, 0.717) is 27.9 Å². The summed E-state index contributed by atoms with van der Waals surface area (Å²) in [4.78, 5) is 8.92. The van der Waals surface area contributed by atoms with Gasteiger partial charge in [-0.3, -0.25) is 4.98 Å². The van der Waals surface area contributed by atoms with E-state index in [1.54, 1.807) is 68.0 Å². The van der Waals surface area contributed by atoms with Gasteiger partial charge in [0.2, 0.25) is 9.84 Å². The van der Waals surface area contributed by atoms with E-state index in [1.165, 1.54) is 16.3 Å². The second kappa shape index (κ2) is 8.63. The largest absolute Gasteiger partial charge is 0.452 e. The van der Waals surface area contributed by atoms with Crippen molar-refractivity contribution in [3.05, 3.63) is 66.2 Å². The van der Waals surface area contributed by atoms with Gasteiger partial charge < -0.3 is 4.74 Å². The van der Waals surface area contributed by atoms with Gasteiger partial charge in [0, 0.05) is 6.20 Å². The van der Waals surface area contributed by atoms with Gasteiger partial charge in [0.05, 0.1) is 22.5 Å². The van der Waals surface area contributed by atoms with Crippen LogP contribution in [0.15, 0.2) is 69.7 Å². The van der Waals surface area contributed by atoms with Gasteiger partial charge in [0.25, 0.3) is 0 Å². The molecule has 3 aromatic heterocycles. The molecule has 3 heterocycles. The number of rotatable bonds is 5. The molecule has 0 saturated carbocycles. The lowest BCUT2D eigenvalue weighted by atomic mass is 10.3. The summed E-state index contributed by atoms with van der Waals surface area (Å²) in [6.45, 7) is 3.60. The van der Waals surface area contributed by atoms with Gasteiger partial charge in [-0.05, 0) is 44.4 Å². The number of sulfone groups is 1. The zero-order chi connectivity index (χ0) is 20.6. The summed E-state index contributed by atoms with van der Waals surface area (Å²) < 4.78 is 34.2. The number of aryl methyl sites for hydroxylation is 2. The Morgan fingerprint density at radius 3 is 2.43 bits per heavy atom. The van der Waals surface area contributed by atoms with Crippen LogP contribution in [0.3, 0.4) is 0 Å². The maximum absolute atomic E-state index is 13.3. The lowest BCUT2D eigenvalue weighted by Crippen LogP contribution is -2.06. The maximum atomic E-state index is 13.3. The predicted octanol–water partition coefficient (Wildman–Crippen LogP) is 4.51. The first-order valence-corrected chi connectivity index (χ1v) is 11.5. The predicted molar refractivity (Wildman–Crippen MR) is 118 cm³/mol. The van der Waals surface area contributed by atoms with E-state index < -0.39 is 9.84 Å². The molecular formula is C20H19ClN4O3S2. The highest BCUT2D eigenvalue weighted by atomic mass is 35.5. The number of hydrogen-bond donors (Lipinski definition) is 0. The number of hydrogen-bond acceptors (Lipinski definition) is 7. The molecule has 10 heteroatoms. The van der Waals surface area contributed by atoms with Gasteiger partial charge in [0.15, 0.2) is 16.3 Å². The van der Waals surface area contributed by atoms with Crippen LogP contribution in [0.1, 0.15) is 11.4 Å². The molecule has 0 saturated heterocycles. The fraction of sp³-hybridized carbons (Fsp3) is 0.150. The summed E-state index contributed by atoms with van der Waals surface area (Å²) in [7, 11) is -3.79. The lowest BCUT2D eigenvalue weighted by Gasteiger charge is -2.12. The molecule has 0 N–H and O–H groups in total. The van der Waals surface area contributed by atoms with Crippen molar-refractivity contribution in [2.24, 2.45) is 0 Å². The molecule has 7 nitrogen and oxygen atoms in total. The monoisotopic (exact) mass is 462 g/mol. The average Bonchev–Trinajstić information content (AvgIpc) is 3.12. The Morgan fingerprint density at radius 2 is 1.80 bits per heavy atom. The maximum Gasteiger partial charge on any atom is 0.213 e. The number of pyridine rings is 1. The van der Waals surface area contributed by atoms with Gasteiger partial charge in [0.1, 0.15) is 10.8 Å². The van der Waals surface area contributed by atoms with Crippen molar-refractivity contribution >= 4 is 39.7 Å². The summed E-state index contributed by atoms with van der Waals surface area (Å²) >= 11 is 1.27. The van der Waals surface area contributed by atoms with Crippen LogP contribution >= 0.6 is 24.2 Å². The number of nitrogens with zero attached hydrogens (tertiary/aromatic N) is 4. The molecule has 0 fully saturated rings. The van der Waals surface area contributed by atoms with E-state index in [4.69, 9.17) is 4.74 Å². The number of thioether (sulfide) groups is 1. The van der Waals surface area contributed by atoms with Crippen LogP contribution in [0.5, 0.6) is 11.5 Å². The van der Waals surface area contributed by atoms with Gasteiger partial charge in [-0.2, -0.15) is 5.10 Å². The number of halogens is 1. The van der Waals surface area contributed by atoms with Gasteiger partial charge in [-0.25, -0.2) is 17.9 Å². The Hall–Kier alpha value is -2.62. The molecule has 0 radical (unpaired) electrons. The number of aromatic nitrogens is 4. The molecule has 0 aliphatic rings. The van der Waals surface area contributed by atoms with E-state index in [2.05, 4.69) is 15.1 Å². The first-order chi connectivity index (χ1) is 13.9. The number of benzene rings is 1. The van der Waals surface area contributed by atoms with Crippen LogP contribution in [0.4, 0.5) is 0 Å². The third-order valence-electron chi connectivity index (χ3n) is 4.41. The molecule has 0 aliphatic carbocycles. The van der Waals surface area contributed by atoms with Crippen molar-refractivity contribution in [1.82, 2.24) is 19.6 Å². The molecule has 0 amide bonds. The van der Waals surface area contributed by atoms with Crippen molar-refractivity contribution in [1.29, 1.82) is 0 Å². The zero-order valence-corrected chi connectivity index (χ0v) is 18.9. The van der Waals surface area contributed by atoms with Crippen LogP contribution in [0.25, 0.3) is 5.65 Å². The Labute approximate surface area is 184 Å². The van der Waals surface area contributed by atoms with E-state index in [9.17, 15) is 8.42 Å². The minimum Gasteiger partial charge on any atom is -0.452 e. The minimum atomic E-state index is -3.79. The Bertz CT molecular complexity index is 1290. The third kappa shape index (κ3) is 3.76. The fourth-order valence-electron chi connectivity index (χ4n) is 3.03. The van der Waals surface area contributed by atoms with Crippen LogP contribution in [-0.4, -0.2) is 34.3 Å². The van der Waals surface area contributed by atoms with E-state index in [0.717, 1.165) is 0 Å². The average molecular weight is 463 g/mol. The van der Waals surface area contributed by atoms with Crippen molar-refractivity contribution in [3.63, 3.8) is 0 Å². The summed E-state index contributed by atoms with van der Waals surface area (Å²) in [5.41, 5.74) is 1.50. The first kappa shape index (κ1) is 22.1. The summed E-state index contributed by atoms with van der Waals surface area (Å²) in [5, 5.41) is 4.90. The Balaban J connectivity index is 0.00000256. The molecule has 0 atom stereocenters. The lowest BCUT2D eigenvalue weighted by molar-refractivity contribution is 0.463. The van der Waals surface area contributed by atoms with Crippen molar-refractivity contribution < 1.29 is 13.2 Å². The smallest absolute Gasteiger partial charge is 0.213 e. The van der Waals surface area contributed by atoms with Crippen LogP contribution in [0.2, 0.25) is 0 Å². The van der Waals surface area contributed by atoms with Gasteiger partial charge in [-0.15, -0.1) is 24.2 Å². The Morgan fingerprint density at radius 1 is 1.07 bits per heavy atom. The fourth-order valence-corrected chi connectivity index (χ4v) is 5.45. The molecule has 0 bridgehead atoms. The van der Waals surface area contributed by atoms with Crippen molar-refractivity contribution in [2.45, 2.75) is 28.7 Å². The zero-order valence-electron chi connectivity index (χ0n) is 16.4. The van der Waals surface area contributed by atoms with Crippen LogP contribution in [-0.2, 0) is 9.84 Å². The highest BCUT2D eigenvalue weighted by molar-refractivity contribution is 7.99. The molecule has 1 aromatic carbocycles. The van der Waals surface area contributed by atoms with E-state index >= 15 is 0 Å². The highest BCUT2D eigenvalue weighted by Crippen LogP contribution is 2.35. The molecule has 0 unspecified atom stereocenters. The topological polar surface area (TPSA) is 86.4 Å². The van der Waals surface area contributed by atoms with Gasteiger partial charge >= 0.3 is 0 Å². The van der Waals surface area contributed by atoms with Crippen LogP contribution < -0.4 is 4.74 Å². The number of ether oxygens (including phenoxy) is 1. The van der Waals surface area contributed by atoms with E-state index in [1.807, 2.05) is 6.92 Å². The van der Waals surface area contributed by atoms with E-state index in [-0.39, 0.29) is 27.8 Å². The standard InChI is InChI=1S/C20H18N4O3S2.ClH/c1-13-17(27-15-8-7-11-21-12-15)14(2)24-19(22-13)18(20(23-24)28-3)29(25,26)16-9-5-4-6-10-16;/h4-12H,1-3H3;1H. The molecule has 0 spiro atoms. The minimum absolute atomic E-state index is 0. The molecular weight excluding hydrogens is 444 g/mol. The van der Waals surface area contributed by atoms with Crippen molar-refractivity contribution in [3.8, 4) is 11.5 Å². The first-order valence-electron chi connectivity index (χ1n) is 8.75. The molecule has 30 heavy (non-hydrogen) atoms. The summed E-state index contributed by atoms with van der Waals surface area (Å²) in [6, 6.07) is 11.9. The normalized spacial score (nSPS) is 11.3. The number of fused-ring (bicyclic) bond motifs is 1. The second-order valence-electron chi connectivity index (χ2n) is 6.29. The quantitative estimate of drug-likeness (QED) is 0.403. The summed E-state index contributed by atoms with van der Waals surface area (Å²) in [5.74, 6) is 1.08. The molecule has 156 valence electrons. The second-order valence-corrected chi connectivity index (χ2v) is 8.97.